The summed E-state index contributed by atoms with van der Waals surface area (Å²) in [4.78, 5) is 12.8. The lowest BCUT2D eigenvalue weighted by molar-refractivity contribution is -0.122. The Balaban J connectivity index is 1.70. The van der Waals surface area contributed by atoms with Crippen LogP contribution >= 0.6 is 0 Å². The third-order valence-corrected chi connectivity index (χ3v) is 5.51. The monoisotopic (exact) mass is 366 g/mol. The molecule has 0 amide bonds. The molecule has 1 aromatic rings. The molecule has 0 bridgehead atoms. The zero-order valence-corrected chi connectivity index (χ0v) is 15.9. The molecule has 142 valence electrons. The van der Waals surface area contributed by atoms with E-state index in [2.05, 4.69) is 12.2 Å². The number of Topliss-reactive ketones (excluding diaryl/α,β-unsaturated/α-hetero) is 1. The average molecular weight is 366 g/mol. The third kappa shape index (κ3) is 4.44. The fourth-order valence-corrected chi connectivity index (χ4v) is 3.80. The first-order chi connectivity index (χ1) is 13.0. The van der Waals surface area contributed by atoms with Crippen LogP contribution in [-0.2, 0) is 11.2 Å². The molecule has 0 radical (unpaired) electrons. The van der Waals surface area contributed by atoms with Crippen LogP contribution < -0.4 is 5.73 Å². The molecule has 1 atom stereocenters. The molecule has 3 nitrogen and oxygen atoms in total. The zero-order valence-electron chi connectivity index (χ0n) is 15.9. The van der Waals surface area contributed by atoms with Crippen LogP contribution in [0.15, 0.2) is 53.3 Å². The maximum atomic E-state index is 13.7. The van der Waals surface area contributed by atoms with Crippen molar-refractivity contribution in [2.45, 2.75) is 51.9 Å². The van der Waals surface area contributed by atoms with Gasteiger partial charge in [-0.05, 0) is 73.8 Å². The van der Waals surface area contributed by atoms with Crippen LogP contribution in [0.3, 0.4) is 0 Å². The van der Waals surface area contributed by atoms with Crippen molar-refractivity contribution in [3.63, 3.8) is 0 Å². The molecule has 0 spiro atoms. The first kappa shape index (κ1) is 19.3. The van der Waals surface area contributed by atoms with Gasteiger partial charge < -0.3 is 5.73 Å². The molecular weight excluding hydrogens is 339 g/mol. The second kappa shape index (κ2) is 8.47. The molecule has 0 aromatic heterocycles. The minimum absolute atomic E-state index is 0.0895. The van der Waals surface area contributed by atoms with Gasteiger partial charge in [-0.1, -0.05) is 30.4 Å². The molecule has 4 heteroatoms. The van der Waals surface area contributed by atoms with Crippen molar-refractivity contribution in [1.29, 1.82) is 5.41 Å². The zero-order chi connectivity index (χ0) is 19.4. The molecule has 0 fully saturated rings. The van der Waals surface area contributed by atoms with E-state index in [1.165, 1.54) is 6.07 Å². The summed E-state index contributed by atoms with van der Waals surface area (Å²) in [7, 11) is 0. The Bertz CT molecular complexity index is 848. The van der Waals surface area contributed by atoms with Crippen LogP contribution in [0, 0.1) is 24.1 Å². The molecule has 0 saturated heterocycles. The maximum absolute atomic E-state index is 13.7. The number of carbonyl (C=O) groups excluding carboxylic acids is 1. The number of ketones is 1. The molecule has 2 aliphatic rings. The fourth-order valence-electron chi connectivity index (χ4n) is 3.80. The molecule has 0 heterocycles. The Morgan fingerprint density at radius 1 is 1.33 bits per heavy atom. The van der Waals surface area contributed by atoms with Gasteiger partial charge >= 0.3 is 0 Å². The average Bonchev–Trinajstić information content (AvgIpc) is 2.69. The Hall–Kier alpha value is -2.49. The topological polar surface area (TPSA) is 66.9 Å². The van der Waals surface area contributed by atoms with Gasteiger partial charge in [0, 0.05) is 12.1 Å². The van der Waals surface area contributed by atoms with Crippen molar-refractivity contribution >= 4 is 11.5 Å². The van der Waals surface area contributed by atoms with Gasteiger partial charge in [-0.15, -0.1) is 0 Å². The Labute approximate surface area is 160 Å². The first-order valence-corrected chi connectivity index (χ1v) is 9.69. The summed E-state index contributed by atoms with van der Waals surface area (Å²) in [5.74, 6) is -0.467. The smallest absolute Gasteiger partial charge is 0.142 e. The summed E-state index contributed by atoms with van der Waals surface area (Å²) in [5, 5.41) is 8.51. The molecule has 0 saturated carbocycles. The summed E-state index contributed by atoms with van der Waals surface area (Å²) in [5.41, 5.74) is 10.5. The molecule has 3 rings (SSSR count). The molecule has 3 N–H and O–H groups in total. The van der Waals surface area contributed by atoms with Crippen molar-refractivity contribution in [2.75, 3.05) is 0 Å². The van der Waals surface area contributed by atoms with Gasteiger partial charge in [-0.3, -0.25) is 10.2 Å². The van der Waals surface area contributed by atoms with Crippen LogP contribution in [0.1, 0.15) is 49.7 Å². The summed E-state index contributed by atoms with van der Waals surface area (Å²) >= 11 is 0. The molecule has 0 aliphatic heterocycles. The highest BCUT2D eigenvalue weighted by atomic mass is 19.1. The van der Waals surface area contributed by atoms with Crippen LogP contribution in [0.25, 0.3) is 0 Å². The standard InChI is InChI=1S/C23H27FN2O/c1-15-10-11-16(14-20(15)24)12-13-21(27)18-8-5-9-19(23(18)26)22(25)17-6-3-2-4-7-17/h3,6-7,10-11,14,18,25H,2,4-5,8-9,12-13,26H2,1H3. The van der Waals surface area contributed by atoms with Gasteiger partial charge in [0.1, 0.15) is 11.6 Å². The number of aryl methyl sites for hydroxylation is 2. The normalized spacial score (nSPS) is 19.8. The van der Waals surface area contributed by atoms with Crippen molar-refractivity contribution in [1.82, 2.24) is 0 Å². The van der Waals surface area contributed by atoms with Gasteiger partial charge in [0.15, 0.2) is 0 Å². The minimum Gasteiger partial charge on any atom is -0.401 e. The number of rotatable bonds is 6. The Kier molecular flexibility index (Phi) is 6.04. The number of nitrogens with two attached hydrogens (primary N) is 1. The summed E-state index contributed by atoms with van der Waals surface area (Å²) in [6.45, 7) is 1.73. The van der Waals surface area contributed by atoms with Crippen molar-refractivity contribution in [3.05, 3.63) is 70.2 Å². The molecular formula is C23H27FN2O. The highest BCUT2D eigenvalue weighted by Crippen LogP contribution is 2.31. The molecule has 1 unspecified atom stereocenters. The van der Waals surface area contributed by atoms with Crippen molar-refractivity contribution < 1.29 is 9.18 Å². The van der Waals surface area contributed by atoms with E-state index in [4.69, 9.17) is 11.1 Å². The van der Waals surface area contributed by atoms with Crippen LogP contribution in [0.5, 0.6) is 0 Å². The van der Waals surface area contributed by atoms with E-state index in [-0.39, 0.29) is 17.5 Å². The number of nitrogens with one attached hydrogen (secondary N) is 1. The Morgan fingerprint density at radius 2 is 2.15 bits per heavy atom. The van der Waals surface area contributed by atoms with Crippen LogP contribution in [0.2, 0.25) is 0 Å². The number of benzene rings is 1. The molecule has 27 heavy (non-hydrogen) atoms. The lowest BCUT2D eigenvalue weighted by atomic mass is 9.80. The number of hydrogen-bond donors (Lipinski definition) is 2. The van der Waals surface area contributed by atoms with Crippen LogP contribution in [-0.4, -0.2) is 11.5 Å². The fraction of sp³-hybridized carbons (Fsp3) is 0.391. The first-order valence-electron chi connectivity index (χ1n) is 9.69. The quantitative estimate of drug-likeness (QED) is 0.700. The van der Waals surface area contributed by atoms with E-state index in [1.807, 2.05) is 12.1 Å². The highest BCUT2D eigenvalue weighted by Gasteiger charge is 2.28. The summed E-state index contributed by atoms with van der Waals surface area (Å²) in [6.07, 6.45) is 11.3. The molecule has 1 aromatic carbocycles. The lowest BCUT2D eigenvalue weighted by Gasteiger charge is -2.26. The third-order valence-electron chi connectivity index (χ3n) is 5.51. The number of carbonyl (C=O) groups is 1. The maximum Gasteiger partial charge on any atom is 0.142 e. The van der Waals surface area contributed by atoms with Gasteiger partial charge in [0.25, 0.3) is 0 Å². The van der Waals surface area contributed by atoms with E-state index in [0.717, 1.165) is 48.8 Å². The van der Waals surface area contributed by atoms with Crippen LogP contribution in [0.4, 0.5) is 4.39 Å². The number of halogens is 1. The van der Waals surface area contributed by atoms with E-state index in [9.17, 15) is 9.18 Å². The second-order valence-electron chi connectivity index (χ2n) is 7.44. The van der Waals surface area contributed by atoms with E-state index < -0.39 is 0 Å². The number of hydrogen-bond acceptors (Lipinski definition) is 3. The van der Waals surface area contributed by atoms with Gasteiger partial charge in [-0.2, -0.15) is 0 Å². The predicted octanol–water partition coefficient (Wildman–Crippen LogP) is 4.94. The Morgan fingerprint density at radius 3 is 2.85 bits per heavy atom. The van der Waals surface area contributed by atoms with Crippen molar-refractivity contribution in [2.24, 2.45) is 11.7 Å². The largest absolute Gasteiger partial charge is 0.401 e. The lowest BCUT2D eigenvalue weighted by Crippen LogP contribution is -2.29. The van der Waals surface area contributed by atoms with E-state index >= 15 is 0 Å². The van der Waals surface area contributed by atoms with E-state index in [0.29, 0.717) is 29.8 Å². The van der Waals surface area contributed by atoms with Gasteiger partial charge in [-0.25, -0.2) is 4.39 Å². The summed E-state index contributed by atoms with van der Waals surface area (Å²) < 4.78 is 13.7. The predicted molar refractivity (Wildman–Crippen MR) is 107 cm³/mol. The summed E-state index contributed by atoms with van der Waals surface area (Å²) in [6, 6.07) is 5.12. The highest BCUT2D eigenvalue weighted by molar-refractivity contribution is 6.13. The van der Waals surface area contributed by atoms with E-state index in [1.54, 1.807) is 13.0 Å². The SMILES string of the molecule is Cc1ccc(CCC(=O)C2CCCC(C(=N)C3=CCCC=C3)=C2N)cc1F. The van der Waals surface area contributed by atoms with Crippen molar-refractivity contribution in [3.8, 4) is 0 Å². The van der Waals surface area contributed by atoms with Gasteiger partial charge in [0.2, 0.25) is 0 Å². The van der Waals surface area contributed by atoms with Gasteiger partial charge in [0.05, 0.1) is 11.6 Å². The minimum atomic E-state index is -0.322. The second-order valence-corrected chi connectivity index (χ2v) is 7.44. The molecule has 2 aliphatic carbocycles. The number of allylic oxidation sites excluding steroid dienone is 6.